The van der Waals surface area contributed by atoms with E-state index in [1.165, 1.54) is 38.6 Å². The van der Waals surface area contributed by atoms with E-state index in [-0.39, 0.29) is 29.4 Å². The van der Waals surface area contributed by atoms with Gasteiger partial charge in [0.05, 0.1) is 32.4 Å². The number of carbonyl (C=O) groups excluding carboxylic acids is 1. The molecule has 0 saturated carbocycles. The Morgan fingerprint density at radius 3 is 2.55 bits per heavy atom. The van der Waals surface area contributed by atoms with Crippen LogP contribution in [0.4, 0.5) is 13.2 Å². The van der Waals surface area contributed by atoms with Crippen molar-refractivity contribution in [1.29, 1.82) is 0 Å². The van der Waals surface area contributed by atoms with Crippen molar-refractivity contribution < 1.29 is 31.9 Å². The standard InChI is InChI=1S/C22H19F3N2O4/c1-29-19-8-6-14(10-20(19)30-2)11-21(28)27-26-13-17-7-9-18(31-17)15-4-3-5-16(12-15)22(23,24)25/h3-10,12-13H,11H2,1-2H3,(H,27,28)/b26-13-. The Morgan fingerprint density at radius 1 is 1.06 bits per heavy atom. The van der Waals surface area contributed by atoms with Crippen LogP contribution in [0.2, 0.25) is 0 Å². The monoisotopic (exact) mass is 432 g/mol. The highest BCUT2D eigenvalue weighted by Gasteiger charge is 2.30. The zero-order chi connectivity index (χ0) is 22.4. The number of halogens is 3. The first kappa shape index (κ1) is 21.9. The third kappa shape index (κ3) is 5.65. The first-order valence-electron chi connectivity index (χ1n) is 9.10. The highest BCUT2D eigenvalue weighted by atomic mass is 19.4. The number of nitrogens with one attached hydrogen (secondary N) is 1. The summed E-state index contributed by atoms with van der Waals surface area (Å²) in [6.07, 6.45) is -3.11. The molecule has 1 N–H and O–H groups in total. The molecule has 0 spiro atoms. The lowest BCUT2D eigenvalue weighted by molar-refractivity contribution is -0.137. The second-order valence-electron chi connectivity index (χ2n) is 6.44. The van der Waals surface area contributed by atoms with Crippen LogP contribution in [-0.4, -0.2) is 26.3 Å². The minimum atomic E-state index is -4.44. The lowest BCUT2D eigenvalue weighted by atomic mass is 10.1. The number of alkyl halides is 3. The number of hydrogen-bond donors (Lipinski definition) is 1. The van der Waals surface area contributed by atoms with Crippen LogP contribution in [0.1, 0.15) is 16.9 Å². The predicted molar refractivity (Wildman–Crippen MR) is 108 cm³/mol. The zero-order valence-electron chi connectivity index (χ0n) is 16.7. The normalized spacial score (nSPS) is 11.5. The van der Waals surface area contributed by atoms with E-state index in [9.17, 15) is 18.0 Å². The number of methoxy groups -OCH3 is 2. The van der Waals surface area contributed by atoms with Gasteiger partial charge in [0.15, 0.2) is 11.5 Å². The lowest BCUT2D eigenvalue weighted by Crippen LogP contribution is -2.19. The Balaban J connectivity index is 1.61. The fourth-order valence-corrected chi connectivity index (χ4v) is 2.81. The molecule has 0 fully saturated rings. The van der Waals surface area contributed by atoms with Gasteiger partial charge in [-0.2, -0.15) is 18.3 Å². The van der Waals surface area contributed by atoms with E-state index in [1.807, 2.05) is 0 Å². The number of rotatable bonds is 7. The van der Waals surface area contributed by atoms with Crippen molar-refractivity contribution in [2.24, 2.45) is 5.10 Å². The van der Waals surface area contributed by atoms with Crippen LogP contribution in [0.5, 0.6) is 11.5 Å². The Hall–Kier alpha value is -3.75. The van der Waals surface area contributed by atoms with Gasteiger partial charge in [-0.05, 0) is 42.0 Å². The molecule has 1 aromatic heterocycles. The van der Waals surface area contributed by atoms with Gasteiger partial charge in [0.2, 0.25) is 5.91 Å². The van der Waals surface area contributed by atoms with Gasteiger partial charge < -0.3 is 13.9 Å². The number of amides is 1. The fraction of sp³-hybridized carbons (Fsp3) is 0.182. The van der Waals surface area contributed by atoms with Gasteiger partial charge in [0.1, 0.15) is 11.5 Å². The summed E-state index contributed by atoms with van der Waals surface area (Å²) in [4.78, 5) is 12.1. The zero-order valence-corrected chi connectivity index (χ0v) is 16.7. The van der Waals surface area contributed by atoms with Crippen LogP contribution in [0.15, 0.2) is 64.1 Å². The lowest BCUT2D eigenvalue weighted by Gasteiger charge is -2.09. The second kappa shape index (κ2) is 9.38. The number of furan rings is 1. The molecule has 162 valence electrons. The molecular formula is C22H19F3N2O4. The molecule has 0 atom stereocenters. The molecule has 2 aromatic carbocycles. The van der Waals surface area contributed by atoms with Crippen molar-refractivity contribution in [2.45, 2.75) is 12.6 Å². The van der Waals surface area contributed by atoms with Crippen LogP contribution < -0.4 is 14.9 Å². The highest BCUT2D eigenvalue weighted by molar-refractivity contribution is 5.82. The minimum absolute atomic E-state index is 0.0608. The second-order valence-corrected chi connectivity index (χ2v) is 6.44. The molecule has 1 amide bonds. The summed E-state index contributed by atoms with van der Waals surface area (Å²) in [5, 5.41) is 3.82. The number of carbonyl (C=O) groups is 1. The van der Waals surface area contributed by atoms with Gasteiger partial charge >= 0.3 is 6.18 Å². The van der Waals surface area contributed by atoms with Crippen LogP contribution >= 0.6 is 0 Å². The van der Waals surface area contributed by atoms with Crippen LogP contribution in [0.3, 0.4) is 0 Å². The maximum absolute atomic E-state index is 12.9. The third-order valence-electron chi connectivity index (χ3n) is 4.29. The summed E-state index contributed by atoms with van der Waals surface area (Å²) in [5.41, 5.74) is 2.60. The molecule has 1 heterocycles. The summed E-state index contributed by atoms with van der Waals surface area (Å²) < 4.78 is 54.4. The van der Waals surface area contributed by atoms with Crippen molar-refractivity contribution >= 4 is 12.1 Å². The molecule has 6 nitrogen and oxygen atoms in total. The summed E-state index contributed by atoms with van der Waals surface area (Å²) in [6.45, 7) is 0. The molecule has 31 heavy (non-hydrogen) atoms. The quantitative estimate of drug-likeness (QED) is 0.435. The summed E-state index contributed by atoms with van der Waals surface area (Å²) in [5.74, 6) is 1.23. The fourth-order valence-electron chi connectivity index (χ4n) is 2.81. The van der Waals surface area contributed by atoms with E-state index in [0.717, 1.165) is 12.1 Å². The third-order valence-corrected chi connectivity index (χ3v) is 4.29. The predicted octanol–water partition coefficient (Wildman–Crippen LogP) is 4.68. The molecule has 3 aromatic rings. The van der Waals surface area contributed by atoms with Crippen molar-refractivity contribution in [3.63, 3.8) is 0 Å². The largest absolute Gasteiger partial charge is 0.493 e. The van der Waals surface area contributed by atoms with Crippen LogP contribution in [-0.2, 0) is 17.4 Å². The minimum Gasteiger partial charge on any atom is -0.493 e. The van der Waals surface area contributed by atoms with Gasteiger partial charge in [-0.1, -0.05) is 18.2 Å². The Bertz CT molecular complexity index is 1090. The van der Waals surface area contributed by atoms with Gasteiger partial charge in [0.25, 0.3) is 0 Å². The molecule has 0 radical (unpaired) electrons. The van der Waals surface area contributed by atoms with Crippen LogP contribution in [0.25, 0.3) is 11.3 Å². The number of hydrazone groups is 1. The molecule has 0 unspecified atom stereocenters. The van der Waals surface area contributed by atoms with E-state index in [2.05, 4.69) is 10.5 Å². The van der Waals surface area contributed by atoms with Crippen molar-refractivity contribution in [3.05, 3.63) is 71.5 Å². The molecule has 0 bridgehead atoms. The van der Waals surface area contributed by atoms with E-state index in [4.69, 9.17) is 13.9 Å². The molecule has 0 saturated heterocycles. The van der Waals surface area contributed by atoms with Gasteiger partial charge in [-0.3, -0.25) is 4.79 Å². The Kier molecular flexibility index (Phi) is 6.64. The summed E-state index contributed by atoms with van der Waals surface area (Å²) >= 11 is 0. The Labute approximate surface area is 176 Å². The smallest absolute Gasteiger partial charge is 0.416 e. The van der Waals surface area contributed by atoms with E-state index >= 15 is 0 Å². The van der Waals surface area contributed by atoms with Gasteiger partial charge in [-0.25, -0.2) is 5.43 Å². The maximum atomic E-state index is 12.9. The number of ether oxygens (including phenoxy) is 2. The van der Waals surface area contributed by atoms with E-state index in [1.54, 1.807) is 24.3 Å². The first-order valence-corrected chi connectivity index (χ1v) is 9.10. The molecule has 3 rings (SSSR count). The average molecular weight is 432 g/mol. The van der Waals surface area contributed by atoms with Gasteiger partial charge in [-0.15, -0.1) is 0 Å². The number of nitrogens with zero attached hydrogens (tertiary/aromatic N) is 1. The number of benzene rings is 2. The van der Waals surface area contributed by atoms with E-state index in [0.29, 0.717) is 17.1 Å². The molecule has 9 heteroatoms. The molecule has 0 aliphatic carbocycles. The van der Waals surface area contributed by atoms with E-state index < -0.39 is 11.7 Å². The molecule has 0 aliphatic heterocycles. The van der Waals surface area contributed by atoms with Crippen molar-refractivity contribution in [3.8, 4) is 22.8 Å². The van der Waals surface area contributed by atoms with Gasteiger partial charge in [0, 0.05) is 5.56 Å². The van der Waals surface area contributed by atoms with Crippen molar-refractivity contribution in [1.82, 2.24) is 5.43 Å². The number of hydrogen-bond acceptors (Lipinski definition) is 5. The molecular weight excluding hydrogens is 413 g/mol. The summed E-state index contributed by atoms with van der Waals surface area (Å²) in [6, 6.07) is 13.0. The highest BCUT2D eigenvalue weighted by Crippen LogP contribution is 2.32. The summed E-state index contributed by atoms with van der Waals surface area (Å²) in [7, 11) is 3.02. The topological polar surface area (TPSA) is 73.1 Å². The Morgan fingerprint density at radius 2 is 1.84 bits per heavy atom. The SMILES string of the molecule is COc1ccc(CC(=O)N/N=C\c2ccc(-c3cccc(C(F)(F)F)c3)o2)cc1OC. The van der Waals surface area contributed by atoms with Crippen LogP contribution in [0, 0.1) is 0 Å². The molecule has 0 aliphatic rings. The van der Waals surface area contributed by atoms with Crippen molar-refractivity contribution in [2.75, 3.05) is 14.2 Å². The average Bonchev–Trinajstić information content (AvgIpc) is 3.22. The first-order chi connectivity index (χ1) is 14.8. The maximum Gasteiger partial charge on any atom is 0.416 e.